The second-order valence-electron chi connectivity index (χ2n) is 10.9. The molecule has 0 saturated heterocycles. The first kappa shape index (κ1) is 32.1. The molecule has 2 unspecified atom stereocenters. The average Bonchev–Trinajstić information content (AvgIpc) is 2.84. The van der Waals surface area contributed by atoms with E-state index in [1.165, 1.54) is 11.0 Å². The van der Waals surface area contributed by atoms with Gasteiger partial charge in [-0.3, -0.25) is 14.4 Å². The van der Waals surface area contributed by atoms with Gasteiger partial charge in [-0.1, -0.05) is 42.5 Å². The first-order valence-corrected chi connectivity index (χ1v) is 13.3. The third-order valence-electron chi connectivity index (χ3n) is 6.51. The van der Waals surface area contributed by atoms with Crippen LogP contribution in [0.2, 0.25) is 0 Å². The summed E-state index contributed by atoms with van der Waals surface area (Å²) < 4.78 is 5.36. The Kier molecular flexibility index (Phi) is 11.0. The van der Waals surface area contributed by atoms with Gasteiger partial charge in [0.2, 0.25) is 11.8 Å². The molecule has 2 aromatic carbocycles. The summed E-state index contributed by atoms with van der Waals surface area (Å²) in [7, 11) is 0. The molecule has 0 saturated carbocycles. The molecule has 0 aromatic heterocycles. The summed E-state index contributed by atoms with van der Waals surface area (Å²) in [4.78, 5) is 53.9. The summed E-state index contributed by atoms with van der Waals surface area (Å²) in [5.74, 6) is -1.63. The molecule has 0 aliphatic carbocycles. The highest BCUT2D eigenvalue weighted by molar-refractivity contribution is 6.00. The summed E-state index contributed by atoms with van der Waals surface area (Å²) >= 11 is 0. The van der Waals surface area contributed by atoms with Crippen LogP contribution in [0.3, 0.4) is 0 Å². The first-order valence-electron chi connectivity index (χ1n) is 13.3. The van der Waals surface area contributed by atoms with E-state index in [-0.39, 0.29) is 19.4 Å². The molecule has 0 aliphatic rings. The quantitative estimate of drug-likeness (QED) is 0.347. The highest BCUT2D eigenvalue weighted by Crippen LogP contribution is 2.30. The fourth-order valence-corrected chi connectivity index (χ4v) is 4.38. The van der Waals surface area contributed by atoms with Gasteiger partial charge in [0.1, 0.15) is 17.7 Å². The summed E-state index contributed by atoms with van der Waals surface area (Å²) in [6, 6.07) is 9.01. The van der Waals surface area contributed by atoms with Gasteiger partial charge in [-0.05, 0) is 82.7 Å². The van der Waals surface area contributed by atoms with Crippen molar-refractivity contribution >= 4 is 29.5 Å². The summed E-state index contributed by atoms with van der Waals surface area (Å²) in [6.07, 6.45) is 0.467. The van der Waals surface area contributed by atoms with Crippen molar-refractivity contribution in [3.8, 4) is 0 Å². The standard InChI is InChI=1S/C31H42N4O5/c1-9-18-35(29(38)24(16-17-25(32)36)33-30(39)40-31(6,7)8)27(23-15-11-12-19(2)22(23)5)28(37)34-26-20(3)13-10-14-21(26)4/h9-15,24,27H,1,16-18H2,2-8H3,(H2,32,36)(H,33,39)(H,34,37). The third-order valence-corrected chi connectivity index (χ3v) is 6.51. The molecule has 2 rings (SSSR count). The zero-order valence-corrected chi connectivity index (χ0v) is 24.6. The highest BCUT2D eigenvalue weighted by atomic mass is 16.6. The van der Waals surface area contributed by atoms with E-state index in [2.05, 4.69) is 17.2 Å². The van der Waals surface area contributed by atoms with Crippen molar-refractivity contribution in [3.05, 3.63) is 76.9 Å². The molecule has 4 N–H and O–H groups in total. The van der Waals surface area contributed by atoms with Crippen LogP contribution < -0.4 is 16.4 Å². The minimum Gasteiger partial charge on any atom is -0.444 e. The molecule has 0 heterocycles. The first-order chi connectivity index (χ1) is 18.7. The molecule has 9 nitrogen and oxygen atoms in total. The van der Waals surface area contributed by atoms with Crippen molar-refractivity contribution in [2.24, 2.45) is 5.73 Å². The number of amides is 4. The Balaban J connectivity index is 2.61. The van der Waals surface area contributed by atoms with Crippen LogP contribution in [0.25, 0.3) is 0 Å². The van der Waals surface area contributed by atoms with Gasteiger partial charge >= 0.3 is 6.09 Å². The van der Waals surface area contributed by atoms with Crippen LogP contribution in [0.15, 0.2) is 49.1 Å². The number of anilines is 1. The van der Waals surface area contributed by atoms with Crippen molar-refractivity contribution in [2.75, 3.05) is 11.9 Å². The van der Waals surface area contributed by atoms with Gasteiger partial charge < -0.3 is 26.0 Å². The van der Waals surface area contributed by atoms with Crippen LogP contribution in [0, 0.1) is 27.7 Å². The molecule has 0 radical (unpaired) electrons. The lowest BCUT2D eigenvalue weighted by molar-refractivity contribution is -0.140. The largest absolute Gasteiger partial charge is 0.444 e. The maximum absolute atomic E-state index is 14.1. The number of nitrogens with one attached hydrogen (secondary N) is 2. The molecular formula is C31H42N4O5. The number of hydrogen-bond acceptors (Lipinski definition) is 5. The Labute approximate surface area is 237 Å². The summed E-state index contributed by atoms with van der Waals surface area (Å²) in [5.41, 5.74) is 9.39. The van der Waals surface area contributed by atoms with Crippen molar-refractivity contribution < 1.29 is 23.9 Å². The Morgan fingerprint density at radius 3 is 2.12 bits per heavy atom. The minimum atomic E-state index is -1.18. The van der Waals surface area contributed by atoms with E-state index >= 15 is 0 Å². The Bertz CT molecular complexity index is 1240. The van der Waals surface area contributed by atoms with E-state index in [1.807, 2.05) is 58.0 Å². The molecule has 4 amide bonds. The van der Waals surface area contributed by atoms with Gasteiger partial charge in [0.25, 0.3) is 5.91 Å². The van der Waals surface area contributed by atoms with Crippen LogP contribution in [0.4, 0.5) is 10.5 Å². The maximum Gasteiger partial charge on any atom is 0.408 e. The molecule has 0 aliphatic heterocycles. The van der Waals surface area contributed by atoms with E-state index in [0.717, 1.165) is 22.3 Å². The van der Waals surface area contributed by atoms with E-state index in [4.69, 9.17) is 10.5 Å². The van der Waals surface area contributed by atoms with Gasteiger partial charge in [0.15, 0.2) is 0 Å². The van der Waals surface area contributed by atoms with Crippen LogP contribution in [0.1, 0.15) is 67.5 Å². The molecule has 40 heavy (non-hydrogen) atoms. The zero-order valence-electron chi connectivity index (χ0n) is 24.6. The fourth-order valence-electron chi connectivity index (χ4n) is 4.38. The van der Waals surface area contributed by atoms with Crippen molar-refractivity contribution in [2.45, 2.75) is 79.0 Å². The van der Waals surface area contributed by atoms with E-state index in [9.17, 15) is 19.2 Å². The summed E-state index contributed by atoms with van der Waals surface area (Å²) in [5, 5.41) is 5.61. The van der Waals surface area contributed by atoms with Gasteiger partial charge in [0, 0.05) is 18.7 Å². The average molecular weight is 551 g/mol. The highest BCUT2D eigenvalue weighted by Gasteiger charge is 2.37. The van der Waals surface area contributed by atoms with Crippen LogP contribution in [-0.2, 0) is 19.1 Å². The number of carbonyl (C=O) groups excluding carboxylic acids is 4. The number of primary amides is 1. The Hall–Kier alpha value is -4.14. The number of rotatable bonds is 11. The van der Waals surface area contributed by atoms with E-state index in [1.54, 1.807) is 26.8 Å². The maximum atomic E-state index is 14.1. The number of aryl methyl sites for hydroxylation is 3. The molecule has 0 fully saturated rings. The SMILES string of the molecule is C=CCN(C(=O)C(CCC(N)=O)NC(=O)OC(C)(C)C)C(C(=O)Nc1c(C)cccc1C)c1cccc(C)c1C. The van der Waals surface area contributed by atoms with Gasteiger partial charge in [-0.15, -0.1) is 6.58 Å². The van der Waals surface area contributed by atoms with Crippen molar-refractivity contribution in [3.63, 3.8) is 0 Å². The lowest BCUT2D eigenvalue weighted by atomic mass is 9.94. The second kappa shape index (κ2) is 13.8. The van der Waals surface area contributed by atoms with Gasteiger partial charge in [-0.25, -0.2) is 4.79 Å². The van der Waals surface area contributed by atoms with E-state index in [0.29, 0.717) is 11.3 Å². The number of nitrogens with two attached hydrogens (primary N) is 1. The monoisotopic (exact) mass is 550 g/mol. The number of para-hydroxylation sites is 1. The Morgan fingerprint density at radius 1 is 1.00 bits per heavy atom. The smallest absolute Gasteiger partial charge is 0.408 e. The number of alkyl carbamates (subject to hydrolysis) is 1. The molecule has 216 valence electrons. The number of hydrogen-bond donors (Lipinski definition) is 3. The van der Waals surface area contributed by atoms with Gasteiger partial charge in [0.05, 0.1) is 0 Å². The second-order valence-corrected chi connectivity index (χ2v) is 10.9. The molecule has 0 bridgehead atoms. The number of carbonyl (C=O) groups is 4. The van der Waals surface area contributed by atoms with Crippen molar-refractivity contribution in [1.29, 1.82) is 0 Å². The molecule has 0 spiro atoms. The minimum absolute atomic E-state index is 0.000125. The predicted molar refractivity (Wildman–Crippen MR) is 157 cm³/mol. The van der Waals surface area contributed by atoms with Crippen molar-refractivity contribution in [1.82, 2.24) is 10.2 Å². The normalized spacial score (nSPS) is 12.6. The molecular weight excluding hydrogens is 508 g/mol. The predicted octanol–water partition coefficient (Wildman–Crippen LogP) is 4.77. The van der Waals surface area contributed by atoms with Crippen LogP contribution in [-0.4, -0.2) is 46.9 Å². The third kappa shape index (κ3) is 8.69. The topological polar surface area (TPSA) is 131 Å². The van der Waals surface area contributed by atoms with Crippen LogP contribution >= 0.6 is 0 Å². The van der Waals surface area contributed by atoms with E-state index < -0.39 is 41.5 Å². The van der Waals surface area contributed by atoms with Gasteiger partial charge in [-0.2, -0.15) is 0 Å². The van der Waals surface area contributed by atoms with Crippen LogP contribution in [0.5, 0.6) is 0 Å². The molecule has 2 aromatic rings. The molecule has 9 heteroatoms. The fraction of sp³-hybridized carbons (Fsp3) is 0.419. The summed E-state index contributed by atoms with van der Waals surface area (Å²) in [6.45, 7) is 16.5. The zero-order chi connectivity index (χ0) is 30.2. The number of benzene rings is 2. The number of nitrogens with zero attached hydrogens (tertiary/aromatic N) is 1. The number of ether oxygens (including phenoxy) is 1. The molecule has 2 atom stereocenters. The lowest BCUT2D eigenvalue weighted by Gasteiger charge is -2.35. The Morgan fingerprint density at radius 2 is 1.57 bits per heavy atom. The lowest BCUT2D eigenvalue weighted by Crippen LogP contribution is -2.52.